The molecule has 0 aromatic carbocycles. The summed E-state index contributed by atoms with van der Waals surface area (Å²) >= 11 is 0. The third kappa shape index (κ3) is 10.2. The fourth-order valence-electron chi connectivity index (χ4n) is 4.07. The van der Waals surface area contributed by atoms with E-state index in [4.69, 9.17) is 29.0 Å². The SMILES string of the molecule is O=C(O)C(F)(F)F.O=C(O)C(F)(F)F.c1cncc(N2CCOCC3(CCCN(Cc4ccco4)C3)C2)c1. The molecular formula is C23H27F6N3O6. The number of piperidine rings is 1. The number of halogens is 6. The number of carboxylic acids is 2. The summed E-state index contributed by atoms with van der Waals surface area (Å²) in [6.07, 6.45) is -2.18. The van der Waals surface area contributed by atoms with E-state index in [2.05, 4.69) is 26.9 Å². The smallest absolute Gasteiger partial charge is 0.475 e. The van der Waals surface area contributed by atoms with E-state index >= 15 is 0 Å². The molecule has 1 spiro atoms. The molecule has 2 aromatic heterocycles. The number of aliphatic carboxylic acids is 2. The van der Waals surface area contributed by atoms with Gasteiger partial charge in [-0.3, -0.25) is 9.88 Å². The van der Waals surface area contributed by atoms with Crippen molar-refractivity contribution in [2.45, 2.75) is 31.7 Å². The van der Waals surface area contributed by atoms with Crippen molar-refractivity contribution in [3.8, 4) is 0 Å². The number of rotatable bonds is 3. The largest absolute Gasteiger partial charge is 0.490 e. The standard InChI is InChI=1S/C19H25N3O2.2C2HF3O2/c1-4-17(12-20-7-1)22-9-11-23-16-19(15-22)6-3-8-21(14-19)13-18-5-2-10-24-18;2*3-2(4,5)1(6)7/h1-2,4-5,7,10,12H,3,6,8-9,11,13-16H2;2*(H,6,7). The number of hydrogen-bond donors (Lipinski definition) is 2. The summed E-state index contributed by atoms with van der Waals surface area (Å²) in [6, 6.07) is 8.19. The van der Waals surface area contributed by atoms with Gasteiger partial charge in [-0.2, -0.15) is 26.3 Å². The molecule has 1 unspecified atom stereocenters. The van der Waals surface area contributed by atoms with E-state index in [1.807, 2.05) is 24.5 Å². The first-order valence-corrected chi connectivity index (χ1v) is 11.3. The highest BCUT2D eigenvalue weighted by Gasteiger charge is 2.40. The van der Waals surface area contributed by atoms with Crippen molar-refractivity contribution >= 4 is 17.6 Å². The van der Waals surface area contributed by atoms with E-state index in [0.29, 0.717) is 0 Å². The number of nitrogens with zero attached hydrogens (tertiary/aromatic N) is 3. The number of ether oxygens (including phenoxy) is 1. The Morgan fingerprint density at radius 2 is 1.66 bits per heavy atom. The van der Waals surface area contributed by atoms with E-state index in [0.717, 1.165) is 51.7 Å². The number of alkyl halides is 6. The number of anilines is 1. The van der Waals surface area contributed by atoms with Crippen molar-refractivity contribution in [2.75, 3.05) is 44.3 Å². The summed E-state index contributed by atoms with van der Waals surface area (Å²) in [5.74, 6) is -4.47. The van der Waals surface area contributed by atoms with Crippen LogP contribution in [-0.2, 0) is 20.9 Å². The van der Waals surface area contributed by atoms with Crippen LogP contribution in [-0.4, -0.2) is 83.8 Å². The van der Waals surface area contributed by atoms with E-state index < -0.39 is 24.3 Å². The van der Waals surface area contributed by atoms with Crippen molar-refractivity contribution < 1.29 is 55.3 Å². The topological polar surface area (TPSA) is 116 Å². The van der Waals surface area contributed by atoms with Crippen molar-refractivity contribution in [1.29, 1.82) is 0 Å². The van der Waals surface area contributed by atoms with Crippen molar-refractivity contribution in [3.05, 3.63) is 48.7 Å². The number of carbonyl (C=O) groups is 2. The Labute approximate surface area is 213 Å². The molecule has 1 atom stereocenters. The number of likely N-dealkylation sites (tertiary alicyclic amines) is 1. The Hall–Kier alpha value is -3.33. The summed E-state index contributed by atoms with van der Waals surface area (Å²) in [5.41, 5.74) is 1.39. The highest BCUT2D eigenvalue weighted by atomic mass is 19.4. The lowest BCUT2D eigenvalue weighted by molar-refractivity contribution is -0.193. The molecule has 2 saturated heterocycles. The van der Waals surface area contributed by atoms with Crippen LogP contribution in [0.2, 0.25) is 0 Å². The average Bonchev–Trinajstić information content (AvgIpc) is 3.26. The van der Waals surface area contributed by atoms with Gasteiger partial charge in [-0.05, 0) is 43.7 Å². The van der Waals surface area contributed by atoms with E-state index in [9.17, 15) is 26.3 Å². The van der Waals surface area contributed by atoms with Crippen LogP contribution in [0.15, 0.2) is 47.3 Å². The fourth-order valence-corrected chi connectivity index (χ4v) is 4.07. The van der Waals surface area contributed by atoms with Crippen LogP contribution in [0.1, 0.15) is 18.6 Å². The lowest BCUT2D eigenvalue weighted by Crippen LogP contribution is -2.50. The Balaban J connectivity index is 0.000000301. The predicted molar refractivity (Wildman–Crippen MR) is 120 cm³/mol. The van der Waals surface area contributed by atoms with Crippen LogP contribution in [0.3, 0.4) is 0 Å². The normalized spacial score (nSPS) is 20.4. The molecule has 2 aliphatic rings. The summed E-state index contributed by atoms with van der Waals surface area (Å²) in [4.78, 5) is 27.0. The molecular weight excluding hydrogens is 528 g/mol. The minimum absolute atomic E-state index is 0.192. The van der Waals surface area contributed by atoms with Crippen LogP contribution < -0.4 is 4.90 Å². The lowest BCUT2D eigenvalue weighted by Gasteiger charge is -2.43. The predicted octanol–water partition coefficient (Wildman–Crippen LogP) is 4.06. The first-order chi connectivity index (χ1) is 17.7. The molecule has 212 valence electrons. The Morgan fingerprint density at radius 1 is 1.00 bits per heavy atom. The van der Waals surface area contributed by atoms with Crippen molar-refractivity contribution in [2.24, 2.45) is 5.41 Å². The van der Waals surface area contributed by atoms with Gasteiger partial charge in [-0.25, -0.2) is 9.59 Å². The molecule has 4 rings (SSSR count). The molecule has 2 N–H and O–H groups in total. The van der Waals surface area contributed by atoms with Crippen molar-refractivity contribution in [3.63, 3.8) is 0 Å². The number of hydrogen-bond acceptors (Lipinski definition) is 7. The second-order valence-corrected chi connectivity index (χ2v) is 8.68. The Kier molecular flexibility index (Phi) is 10.9. The number of pyridine rings is 1. The second-order valence-electron chi connectivity index (χ2n) is 8.68. The number of aromatic nitrogens is 1. The Morgan fingerprint density at radius 3 is 2.18 bits per heavy atom. The van der Waals surface area contributed by atoms with Crippen LogP contribution in [0.4, 0.5) is 32.0 Å². The quantitative estimate of drug-likeness (QED) is 0.541. The molecule has 38 heavy (non-hydrogen) atoms. The highest BCUT2D eigenvalue weighted by molar-refractivity contribution is 5.73. The maximum Gasteiger partial charge on any atom is 0.490 e. The van der Waals surface area contributed by atoms with Crippen molar-refractivity contribution in [1.82, 2.24) is 9.88 Å². The second kappa shape index (κ2) is 13.5. The van der Waals surface area contributed by atoms with E-state index in [1.54, 1.807) is 6.26 Å². The Bertz CT molecular complexity index is 979. The van der Waals surface area contributed by atoms with Gasteiger partial charge in [0.2, 0.25) is 0 Å². The lowest BCUT2D eigenvalue weighted by atomic mass is 9.80. The van der Waals surface area contributed by atoms with Gasteiger partial charge < -0.3 is 24.3 Å². The molecule has 0 aliphatic carbocycles. The first kappa shape index (κ1) is 30.9. The molecule has 15 heteroatoms. The van der Waals surface area contributed by atoms with Gasteiger partial charge in [0, 0.05) is 31.2 Å². The maximum atomic E-state index is 10.6. The van der Waals surface area contributed by atoms with Crippen LogP contribution in [0.5, 0.6) is 0 Å². The summed E-state index contributed by atoms with van der Waals surface area (Å²) < 4.78 is 75.0. The molecule has 2 fully saturated rings. The molecule has 0 saturated carbocycles. The number of furan rings is 1. The number of carboxylic acid groups (broad SMARTS) is 2. The summed E-state index contributed by atoms with van der Waals surface area (Å²) in [7, 11) is 0. The van der Waals surface area contributed by atoms with E-state index in [1.165, 1.54) is 18.5 Å². The zero-order chi connectivity index (χ0) is 28.4. The fraction of sp³-hybridized carbons (Fsp3) is 0.522. The average molecular weight is 555 g/mol. The van der Waals surface area contributed by atoms with Gasteiger partial charge in [-0.1, -0.05) is 0 Å². The van der Waals surface area contributed by atoms with Gasteiger partial charge in [0.15, 0.2) is 0 Å². The maximum absolute atomic E-state index is 10.6. The van der Waals surface area contributed by atoms with Crippen LogP contribution in [0, 0.1) is 5.41 Å². The highest BCUT2D eigenvalue weighted by Crippen LogP contribution is 2.35. The third-order valence-corrected chi connectivity index (χ3v) is 5.64. The molecule has 0 radical (unpaired) electrons. The molecule has 0 bridgehead atoms. The van der Waals surface area contributed by atoms with Crippen LogP contribution in [0.25, 0.3) is 0 Å². The minimum atomic E-state index is -5.08. The molecule has 4 heterocycles. The molecule has 2 aromatic rings. The summed E-state index contributed by atoms with van der Waals surface area (Å²) in [5, 5.41) is 14.2. The monoisotopic (exact) mass is 555 g/mol. The first-order valence-electron chi connectivity index (χ1n) is 11.3. The third-order valence-electron chi connectivity index (χ3n) is 5.64. The zero-order valence-corrected chi connectivity index (χ0v) is 20.0. The van der Waals surface area contributed by atoms with Gasteiger partial charge in [0.05, 0.1) is 37.9 Å². The van der Waals surface area contributed by atoms with E-state index in [-0.39, 0.29) is 5.41 Å². The summed E-state index contributed by atoms with van der Waals surface area (Å²) in [6.45, 7) is 6.69. The zero-order valence-electron chi connectivity index (χ0n) is 20.0. The van der Waals surface area contributed by atoms with Gasteiger partial charge in [0.25, 0.3) is 0 Å². The van der Waals surface area contributed by atoms with Gasteiger partial charge in [-0.15, -0.1) is 0 Å². The minimum Gasteiger partial charge on any atom is -0.475 e. The van der Waals surface area contributed by atoms with Crippen LogP contribution >= 0.6 is 0 Å². The molecule has 2 aliphatic heterocycles. The molecule has 0 amide bonds. The van der Waals surface area contributed by atoms with Gasteiger partial charge in [0.1, 0.15) is 5.76 Å². The molecule has 9 nitrogen and oxygen atoms in total. The van der Waals surface area contributed by atoms with Gasteiger partial charge >= 0.3 is 24.3 Å².